The van der Waals surface area contributed by atoms with Gasteiger partial charge in [0.25, 0.3) is 0 Å². The molecule has 0 spiro atoms. The van der Waals surface area contributed by atoms with Crippen molar-refractivity contribution in [2.75, 3.05) is 5.32 Å². The number of hydrogen-bond donors (Lipinski definition) is 1. The first kappa shape index (κ1) is 13.6. The van der Waals surface area contributed by atoms with Crippen molar-refractivity contribution in [2.45, 2.75) is 6.36 Å². The molecule has 2 rings (SSSR count). The lowest BCUT2D eigenvalue weighted by Crippen LogP contribution is -2.18. The van der Waals surface area contributed by atoms with Gasteiger partial charge >= 0.3 is 6.36 Å². The van der Waals surface area contributed by atoms with Gasteiger partial charge in [0.2, 0.25) is 5.95 Å². The molecule has 0 aliphatic rings. The summed E-state index contributed by atoms with van der Waals surface area (Å²) >= 11 is 3.16. The maximum atomic E-state index is 12.2. The molecule has 1 aromatic carbocycles. The summed E-state index contributed by atoms with van der Waals surface area (Å²) in [6.45, 7) is 0. The minimum atomic E-state index is -4.75. The molecule has 0 aliphatic heterocycles. The number of ether oxygens (including phenoxy) is 1. The Kier molecular flexibility index (Phi) is 3.89. The summed E-state index contributed by atoms with van der Waals surface area (Å²) in [6, 6.07) is 5.65. The van der Waals surface area contributed by atoms with E-state index >= 15 is 0 Å². The van der Waals surface area contributed by atoms with Gasteiger partial charge in [-0.05, 0) is 28.1 Å². The lowest BCUT2D eigenvalue weighted by Gasteiger charge is -2.13. The molecule has 0 saturated carbocycles. The van der Waals surface area contributed by atoms with Gasteiger partial charge in [-0.1, -0.05) is 12.1 Å². The molecule has 8 heteroatoms. The van der Waals surface area contributed by atoms with Crippen LogP contribution in [0.25, 0.3) is 0 Å². The summed E-state index contributed by atoms with van der Waals surface area (Å²) in [5.74, 6) is -0.178. The number of aromatic nitrogens is 2. The summed E-state index contributed by atoms with van der Waals surface area (Å²) in [6.07, 6.45) is -1.80. The molecule has 0 fully saturated rings. The van der Waals surface area contributed by atoms with E-state index in [2.05, 4.69) is 36.0 Å². The largest absolute Gasteiger partial charge is 0.573 e. The van der Waals surface area contributed by atoms with Crippen molar-refractivity contribution in [3.8, 4) is 5.75 Å². The quantitative estimate of drug-likeness (QED) is 0.925. The number of benzene rings is 1. The molecule has 1 N–H and O–H groups in total. The van der Waals surface area contributed by atoms with Crippen LogP contribution in [0.3, 0.4) is 0 Å². The second-order valence-corrected chi connectivity index (χ2v) is 4.31. The highest BCUT2D eigenvalue weighted by Gasteiger charge is 2.32. The minimum absolute atomic E-state index is 0.127. The Bertz CT molecular complexity index is 560. The fourth-order valence-corrected chi connectivity index (χ4v) is 1.49. The Morgan fingerprint density at radius 2 is 1.74 bits per heavy atom. The second-order valence-electron chi connectivity index (χ2n) is 3.39. The van der Waals surface area contributed by atoms with Crippen LogP contribution in [0.4, 0.5) is 24.8 Å². The van der Waals surface area contributed by atoms with Crippen molar-refractivity contribution in [3.63, 3.8) is 0 Å². The molecular weight excluding hydrogens is 327 g/mol. The second kappa shape index (κ2) is 5.43. The molecule has 0 unspecified atom stereocenters. The summed E-state index contributed by atoms with van der Waals surface area (Å²) in [5, 5.41) is 2.65. The Morgan fingerprint density at radius 3 is 2.37 bits per heavy atom. The fourth-order valence-electron chi connectivity index (χ4n) is 1.28. The van der Waals surface area contributed by atoms with Crippen molar-refractivity contribution < 1.29 is 17.9 Å². The monoisotopic (exact) mass is 333 g/mol. The fraction of sp³-hybridized carbons (Fsp3) is 0.0909. The van der Waals surface area contributed by atoms with E-state index in [1.807, 2.05) is 0 Å². The number of alkyl halides is 3. The number of rotatable bonds is 3. The molecule has 0 bridgehead atoms. The number of anilines is 2. The lowest BCUT2D eigenvalue weighted by molar-refractivity contribution is -0.274. The third-order valence-electron chi connectivity index (χ3n) is 1.98. The molecule has 0 radical (unpaired) electrons. The van der Waals surface area contributed by atoms with Crippen LogP contribution in [0.5, 0.6) is 5.75 Å². The zero-order chi connectivity index (χ0) is 13.9. The van der Waals surface area contributed by atoms with E-state index in [-0.39, 0.29) is 17.4 Å². The SMILES string of the molecule is FC(F)(F)Oc1ccccc1Nc1ncc(Br)cn1. The molecule has 0 aliphatic carbocycles. The van der Waals surface area contributed by atoms with E-state index in [0.29, 0.717) is 4.47 Å². The van der Waals surface area contributed by atoms with Crippen molar-refractivity contribution in [3.05, 3.63) is 41.1 Å². The van der Waals surface area contributed by atoms with Gasteiger partial charge in [-0.15, -0.1) is 13.2 Å². The Labute approximate surface area is 114 Å². The summed E-state index contributed by atoms with van der Waals surface area (Å²) in [5.41, 5.74) is 0.127. The average Bonchev–Trinajstić information content (AvgIpc) is 2.33. The molecule has 100 valence electrons. The predicted molar refractivity (Wildman–Crippen MR) is 66.1 cm³/mol. The highest BCUT2D eigenvalue weighted by atomic mass is 79.9. The van der Waals surface area contributed by atoms with Gasteiger partial charge < -0.3 is 10.1 Å². The van der Waals surface area contributed by atoms with Crippen molar-refractivity contribution in [1.29, 1.82) is 0 Å². The predicted octanol–water partition coefficient (Wildman–Crippen LogP) is 3.88. The van der Waals surface area contributed by atoms with Crippen molar-refractivity contribution in [1.82, 2.24) is 9.97 Å². The van der Waals surface area contributed by atoms with E-state index in [1.54, 1.807) is 6.07 Å². The van der Waals surface area contributed by atoms with Crippen molar-refractivity contribution >= 4 is 27.6 Å². The first-order valence-electron chi connectivity index (χ1n) is 5.03. The first-order valence-corrected chi connectivity index (χ1v) is 5.83. The smallest absolute Gasteiger partial charge is 0.404 e. The number of halogens is 4. The summed E-state index contributed by atoms with van der Waals surface area (Å²) in [4.78, 5) is 7.81. The highest BCUT2D eigenvalue weighted by Crippen LogP contribution is 2.31. The summed E-state index contributed by atoms with van der Waals surface area (Å²) < 4.78 is 41.2. The first-order chi connectivity index (χ1) is 8.94. The number of nitrogens with zero attached hydrogens (tertiary/aromatic N) is 2. The van der Waals surface area contributed by atoms with Gasteiger partial charge in [-0.2, -0.15) is 0 Å². The molecule has 19 heavy (non-hydrogen) atoms. The normalized spacial score (nSPS) is 11.2. The molecule has 1 heterocycles. The van der Waals surface area contributed by atoms with Crippen LogP contribution in [0, 0.1) is 0 Å². The van der Waals surface area contributed by atoms with Gasteiger partial charge in [0.05, 0.1) is 10.2 Å². The van der Waals surface area contributed by atoms with E-state index < -0.39 is 6.36 Å². The van der Waals surface area contributed by atoms with E-state index in [4.69, 9.17) is 0 Å². The third kappa shape index (κ3) is 4.09. The molecule has 0 amide bonds. The minimum Gasteiger partial charge on any atom is -0.404 e. The van der Waals surface area contributed by atoms with Crippen LogP contribution in [0.15, 0.2) is 41.1 Å². The van der Waals surface area contributed by atoms with Gasteiger partial charge in [0.1, 0.15) is 0 Å². The zero-order valence-electron chi connectivity index (χ0n) is 9.28. The molecular formula is C11H7BrF3N3O. The molecule has 1 aromatic heterocycles. The molecule has 4 nitrogen and oxygen atoms in total. The zero-order valence-corrected chi connectivity index (χ0v) is 10.9. The number of nitrogens with one attached hydrogen (secondary N) is 1. The Morgan fingerprint density at radius 1 is 1.11 bits per heavy atom. The molecule has 0 saturated heterocycles. The van der Waals surface area contributed by atoms with Crippen LogP contribution in [-0.4, -0.2) is 16.3 Å². The van der Waals surface area contributed by atoms with E-state index in [1.165, 1.54) is 30.6 Å². The van der Waals surface area contributed by atoms with Crippen LogP contribution < -0.4 is 10.1 Å². The summed E-state index contributed by atoms with van der Waals surface area (Å²) in [7, 11) is 0. The Balaban J connectivity index is 2.22. The molecule has 2 aromatic rings. The highest BCUT2D eigenvalue weighted by molar-refractivity contribution is 9.10. The van der Waals surface area contributed by atoms with Crippen LogP contribution in [0.2, 0.25) is 0 Å². The third-order valence-corrected chi connectivity index (χ3v) is 2.39. The topological polar surface area (TPSA) is 47.0 Å². The maximum absolute atomic E-state index is 12.2. The van der Waals surface area contributed by atoms with Crippen LogP contribution >= 0.6 is 15.9 Å². The average molecular weight is 334 g/mol. The van der Waals surface area contributed by atoms with Gasteiger partial charge in [0.15, 0.2) is 5.75 Å². The van der Waals surface area contributed by atoms with E-state index in [9.17, 15) is 13.2 Å². The standard InChI is InChI=1S/C11H7BrF3N3O/c12-7-5-16-10(17-6-7)18-8-3-1-2-4-9(8)19-11(13,14)15/h1-6H,(H,16,17,18). The lowest BCUT2D eigenvalue weighted by atomic mass is 10.3. The van der Waals surface area contributed by atoms with Crippen LogP contribution in [-0.2, 0) is 0 Å². The van der Waals surface area contributed by atoms with Gasteiger partial charge in [-0.3, -0.25) is 0 Å². The maximum Gasteiger partial charge on any atom is 0.573 e. The van der Waals surface area contributed by atoms with Gasteiger partial charge in [-0.25, -0.2) is 9.97 Å². The van der Waals surface area contributed by atoms with Crippen molar-refractivity contribution in [2.24, 2.45) is 0 Å². The van der Waals surface area contributed by atoms with E-state index in [0.717, 1.165) is 0 Å². The molecule has 0 atom stereocenters. The number of hydrogen-bond acceptors (Lipinski definition) is 4. The van der Waals surface area contributed by atoms with Crippen LogP contribution in [0.1, 0.15) is 0 Å². The Hall–Kier alpha value is -1.83. The van der Waals surface area contributed by atoms with Gasteiger partial charge in [0, 0.05) is 12.4 Å². The number of para-hydroxylation sites is 2.